The van der Waals surface area contributed by atoms with Crippen LogP contribution in [-0.2, 0) is 62.4 Å². The summed E-state index contributed by atoms with van der Waals surface area (Å²) in [6.07, 6.45) is 1.29. The lowest BCUT2D eigenvalue weighted by Gasteiger charge is -2.28. The highest BCUT2D eigenvalue weighted by atomic mass is 16.4. The average Bonchev–Trinajstić information content (AvgIpc) is 3.73. The van der Waals surface area contributed by atoms with Crippen molar-refractivity contribution < 1.29 is 53.4 Å². The Hall–Kier alpha value is -7.61. The van der Waals surface area contributed by atoms with Gasteiger partial charge in [0, 0.05) is 36.4 Å². The largest absolute Gasteiger partial charge is 0.481 e. The molecule has 4 aromatic rings. The molecule has 0 spiro atoms. The Balaban J connectivity index is 1.46. The van der Waals surface area contributed by atoms with Crippen LogP contribution >= 0.6 is 0 Å². The molecule has 7 amide bonds. The summed E-state index contributed by atoms with van der Waals surface area (Å²) in [6, 6.07) is 14.5. The van der Waals surface area contributed by atoms with E-state index in [-0.39, 0.29) is 19.3 Å². The van der Waals surface area contributed by atoms with Gasteiger partial charge in [-0.2, -0.15) is 0 Å². The molecular formula is C50H65N9O11. The lowest BCUT2D eigenvalue weighted by molar-refractivity contribution is -0.142. The molecule has 0 saturated heterocycles. The van der Waals surface area contributed by atoms with Gasteiger partial charge >= 0.3 is 11.9 Å². The third-order valence-electron chi connectivity index (χ3n) is 11.8. The SMILES string of the molecule is CC[C@H](C)[C@H](NC(=O)[C@@H](N)CC(=O)O)C(=O)N[C@@H](Cc1ccccc1)C(=O)N[C@@H](Cc1ccccc1)C(=O)N[C@@H](C)C(=O)N[C@@H](C)C(=O)N[C@H](C(=O)N[C@@H](Cc1c[nH]c2ccccc12)C(=O)O)C(C)C. The first-order valence-electron chi connectivity index (χ1n) is 23.1. The summed E-state index contributed by atoms with van der Waals surface area (Å²) in [5.41, 5.74) is 8.55. The number of amides is 7. The number of carboxylic acids is 2. The Labute approximate surface area is 406 Å². The molecule has 3 aromatic carbocycles. The van der Waals surface area contributed by atoms with Gasteiger partial charge in [-0.1, -0.05) is 113 Å². The van der Waals surface area contributed by atoms with Gasteiger partial charge in [0.1, 0.15) is 42.3 Å². The topological polar surface area (TPSA) is 320 Å². The molecule has 0 saturated carbocycles. The molecule has 0 fully saturated rings. The molecule has 376 valence electrons. The number of aromatic amines is 1. The van der Waals surface area contributed by atoms with E-state index in [1.165, 1.54) is 13.8 Å². The van der Waals surface area contributed by atoms with E-state index < -0.39 is 120 Å². The van der Waals surface area contributed by atoms with E-state index in [9.17, 15) is 48.3 Å². The minimum absolute atomic E-state index is 0.0326. The summed E-state index contributed by atoms with van der Waals surface area (Å²) in [6.45, 7) is 9.54. The molecule has 1 aromatic heterocycles. The van der Waals surface area contributed by atoms with Gasteiger partial charge in [0.05, 0.1) is 12.5 Å². The van der Waals surface area contributed by atoms with E-state index >= 15 is 0 Å². The van der Waals surface area contributed by atoms with Crippen LogP contribution in [0.1, 0.15) is 71.1 Å². The number of hydrogen-bond acceptors (Lipinski definition) is 10. The summed E-state index contributed by atoms with van der Waals surface area (Å²) < 4.78 is 0. The van der Waals surface area contributed by atoms with Crippen molar-refractivity contribution in [3.05, 3.63) is 108 Å². The third kappa shape index (κ3) is 16.3. The Morgan fingerprint density at radius 3 is 1.51 bits per heavy atom. The van der Waals surface area contributed by atoms with Crippen LogP contribution in [0.25, 0.3) is 10.9 Å². The van der Waals surface area contributed by atoms with Crippen LogP contribution in [0.15, 0.2) is 91.1 Å². The van der Waals surface area contributed by atoms with Crippen LogP contribution in [0.5, 0.6) is 0 Å². The van der Waals surface area contributed by atoms with Crippen molar-refractivity contribution in [2.75, 3.05) is 0 Å². The number of nitrogens with two attached hydrogens (primary N) is 1. The normalized spacial score (nSPS) is 15.0. The van der Waals surface area contributed by atoms with Crippen LogP contribution in [0.2, 0.25) is 0 Å². The van der Waals surface area contributed by atoms with Crippen LogP contribution in [0.4, 0.5) is 0 Å². The number of H-pyrrole nitrogens is 1. The van der Waals surface area contributed by atoms with Gasteiger partial charge < -0.3 is 58.1 Å². The number of benzene rings is 3. The Morgan fingerprint density at radius 2 is 0.986 bits per heavy atom. The van der Waals surface area contributed by atoms with E-state index in [2.05, 4.69) is 42.2 Å². The highest BCUT2D eigenvalue weighted by molar-refractivity contribution is 5.98. The number of para-hydroxylation sites is 1. The van der Waals surface area contributed by atoms with Crippen molar-refractivity contribution in [3.8, 4) is 0 Å². The Bertz CT molecular complexity index is 2460. The molecule has 0 aliphatic carbocycles. The number of fused-ring (bicyclic) bond motifs is 1. The second-order valence-electron chi connectivity index (χ2n) is 17.7. The molecule has 9 atom stereocenters. The van der Waals surface area contributed by atoms with Crippen LogP contribution < -0.4 is 43.0 Å². The number of carboxylic acid groups (broad SMARTS) is 2. The zero-order chi connectivity index (χ0) is 51.7. The number of aromatic nitrogens is 1. The lowest BCUT2D eigenvalue weighted by Crippen LogP contribution is -2.61. The smallest absolute Gasteiger partial charge is 0.326 e. The summed E-state index contributed by atoms with van der Waals surface area (Å²) in [4.78, 5) is 122. The van der Waals surface area contributed by atoms with Gasteiger partial charge in [-0.15, -0.1) is 0 Å². The first-order chi connectivity index (χ1) is 33.2. The second kappa shape index (κ2) is 26.2. The molecule has 12 N–H and O–H groups in total. The molecule has 1 heterocycles. The second-order valence-corrected chi connectivity index (χ2v) is 17.7. The van der Waals surface area contributed by atoms with E-state index in [1.807, 2.05) is 24.3 Å². The van der Waals surface area contributed by atoms with Gasteiger partial charge in [0.25, 0.3) is 0 Å². The number of nitrogens with one attached hydrogen (secondary N) is 8. The molecule has 0 radical (unpaired) electrons. The van der Waals surface area contributed by atoms with Gasteiger partial charge in [0.2, 0.25) is 41.4 Å². The molecule has 20 nitrogen and oxygen atoms in total. The van der Waals surface area contributed by atoms with Crippen molar-refractivity contribution in [3.63, 3.8) is 0 Å². The summed E-state index contributed by atoms with van der Waals surface area (Å²) in [5, 5.41) is 38.2. The summed E-state index contributed by atoms with van der Waals surface area (Å²) in [7, 11) is 0. The molecule has 0 aliphatic rings. The Kier molecular flexibility index (Phi) is 20.6. The quantitative estimate of drug-likeness (QED) is 0.0423. The number of carbonyl (C=O) groups excluding carboxylic acids is 7. The summed E-state index contributed by atoms with van der Waals surface area (Å²) in [5.74, 6) is -9.02. The molecule has 0 bridgehead atoms. The third-order valence-corrected chi connectivity index (χ3v) is 11.8. The first kappa shape index (κ1) is 55.0. The van der Waals surface area contributed by atoms with E-state index in [0.29, 0.717) is 23.1 Å². The molecule has 70 heavy (non-hydrogen) atoms. The maximum atomic E-state index is 14.3. The lowest BCUT2D eigenvalue weighted by atomic mass is 9.96. The Morgan fingerprint density at radius 1 is 0.529 bits per heavy atom. The molecule has 0 unspecified atom stereocenters. The van der Waals surface area contributed by atoms with Gasteiger partial charge in [-0.25, -0.2) is 4.79 Å². The average molecular weight is 968 g/mol. The maximum absolute atomic E-state index is 14.3. The van der Waals surface area contributed by atoms with Crippen molar-refractivity contribution in [2.24, 2.45) is 17.6 Å². The van der Waals surface area contributed by atoms with Crippen LogP contribution in [0.3, 0.4) is 0 Å². The van der Waals surface area contributed by atoms with Crippen LogP contribution in [-0.4, -0.2) is 117 Å². The minimum Gasteiger partial charge on any atom is -0.481 e. The van der Waals surface area contributed by atoms with Crippen molar-refractivity contribution in [2.45, 2.75) is 122 Å². The number of hydrogen-bond donors (Lipinski definition) is 11. The number of aliphatic carboxylic acids is 2. The minimum atomic E-state index is -1.44. The maximum Gasteiger partial charge on any atom is 0.326 e. The van der Waals surface area contributed by atoms with E-state index in [4.69, 9.17) is 10.8 Å². The highest BCUT2D eigenvalue weighted by Crippen LogP contribution is 2.20. The van der Waals surface area contributed by atoms with E-state index in [0.717, 1.165) is 10.9 Å². The predicted molar refractivity (Wildman–Crippen MR) is 259 cm³/mol. The first-order valence-corrected chi connectivity index (χ1v) is 23.1. The zero-order valence-corrected chi connectivity index (χ0v) is 40.1. The van der Waals surface area contributed by atoms with Gasteiger partial charge in [0.15, 0.2) is 0 Å². The van der Waals surface area contributed by atoms with Gasteiger partial charge in [-0.05, 0) is 48.4 Å². The standard InChI is InChI=1S/C50H65N9O11/c1-7-28(4)42(59-45(64)35(51)25-40(60)61)49(68)56-38(23-32-18-12-9-13-19-32)47(66)55-37(22-31-16-10-8-11-17-31)46(65)54-29(5)43(62)53-30(6)44(63)58-41(27(2)3)48(67)57-39(50(69)70)24-33-26-52-36-21-15-14-20-34(33)36/h8-21,26-30,35,37-39,41-42,52H,7,22-25,51H2,1-6H3,(H,53,62)(H,54,65)(H,55,66)(H,56,68)(H,57,67)(H,58,63)(H,59,64)(H,60,61)(H,69,70)/t28-,29-,30-,35-,37-,38-,39-,41-,42-/m0/s1. The van der Waals surface area contributed by atoms with Crippen molar-refractivity contribution >= 4 is 64.2 Å². The molecule has 4 rings (SSSR count). The highest BCUT2D eigenvalue weighted by Gasteiger charge is 2.35. The fraction of sp³-hybridized carbons (Fsp3) is 0.420. The van der Waals surface area contributed by atoms with Crippen molar-refractivity contribution in [1.82, 2.24) is 42.2 Å². The predicted octanol–water partition coefficient (Wildman–Crippen LogP) is 1.22. The van der Waals surface area contributed by atoms with E-state index in [1.54, 1.807) is 94.6 Å². The number of rotatable bonds is 26. The van der Waals surface area contributed by atoms with Crippen LogP contribution in [0, 0.1) is 11.8 Å². The van der Waals surface area contributed by atoms with Crippen molar-refractivity contribution in [1.29, 1.82) is 0 Å². The summed E-state index contributed by atoms with van der Waals surface area (Å²) >= 11 is 0. The fourth-order valence-corrected chi connectivity index (χ4v) is 7.47. The number of carbonyl (C=O) groups is 9. The fourth-order valence-electron chi connectivity index (χ4n) is 7.47. The van der Waals surface area contributed by atoms with Gasteiger partial charge in [-0.3, -0.25) is 38.4 Å². The zero-order valence-electron chi connectivity index (χ0n) is 40.1. The molecule has 0 aliphatic heterocycles. The molecular weight excluding hydrogens is 903 g/mol. The molecule has 20 heteroatoms. The monoisotopic (exact) mass is 967 g/mol.